The number of benzene rings is 3. The van der Waals surface area contributed by atoms with Gasteiger partial charge in [0.25, 0.3) is 5.91 Å². The molecule has 1 heterocycles. The first-order valence-electron chi connectivity index (χ1n) is 12.4. The van der Waals surface area contributed by atoms with Crippen LogP contribution < -0.4 is 19.7 Å². The molecule has 0 aliphatic carbocycles. The molecule has 0 radical (unpaired) electrons. The molecule has 0 bridgehead atoms. The Balaban J connectivity index is 1.62. The van der Waals surface area contributed by atoms with Crippen molar-refractivity contribution < 1.29 is 28.6 Å². The molecule has 1 fully saturated rings. The second kappa shape index (κ2) is 12.8. The fourth-order valence-corrected chi connectivity index (χ4v) is 4.82. The number of nitrogens with zero attached hydrogens (tertiary/aromatic N) is 2. The lowest BCUT2D eigenvalue weighted by Crippen LogP contribution is -2.37. The number of nitrogens with one attached hydrogen (secondary N) is 1. The molecule has 1 aliphatic rings. The van der Waals surface area contributed by atoms with E-state index < -0.39 is 12.0 Å². The van der Waals surface area contributed by atoms with Crippen LogP contribution >= 0.6 is 23.8 Å². The number of carbonyl (C=O) groups is 3. The molecule has 208 valence electrons. The number of esters is 1. The Hall–Kier alpha value is -4.15. The van der Waals surface area contributed by atoms with E-state index in [1.165, 1.54) is 12.0 Å². The monoisotopic (exact) mass is 581 g/mol. The number of ether oxygens (including phenoxy) is 3. The van der Waals surface area contributed by atoms with Gasteiger partial charge in [-0.15, -0.1) is 0 Å². The summed E-state index contributed by atoms with van der Waals surface area (Å²) >= 11 is 11.7. The summed E-state index contributed by atoms with van der Waals surface area (Å²) in [6.45, 7) is 2.21. The average molecular weight is 582 g/mol. The van der Waals surface area contributed by atoms with E-state index in [1.807, 2.05) is 6.07 Å². The van der Waals surface area contributed by atoms with Crippen molar-refractivity contribution in [1.82, 2.24) is 4.90 Å². The molecule has 3 aromatic carbocycles. The third kappa shape index (κ3) is 6.35. The molecule has 3 aromatic rings. The van der Waals surface area contributed by atoms with Crippen molar-refractivity contribution in [3.05, 3.63) is 82.9 Å². The Morgan fingerprint density at radius 3 is 2.27 bits per heavy atom. The lowest BCUT2D eigenvalue weighted by molar-refractivity contribution is -0.124. The zero-order valence-electron chi connectivity index (χ0n) is 22.2. The first-order chi connectivity index (χ1) is 19.2. The van der Waals surface area contributed by atoms with Crippen LogP contribution in [0.25, 0.3) is 0 Å². The lowest BCUT2D eigenvalue weighted by Gasteiger charge is -2.24. The molecular formula is C29H28ClN3O6S. The highest BCUT2D eigenvalue weighted by molar-refractivity contribution is 7.80. The largest absolute Gasteiger partial charge is 0.493 e. The molecule has 1 N–H and O–H groups in total. The third-order valence-electron chi connectivity index (χ3n) is 6.26. The fourth-order valence-electron chi connectivity index (χ4n) is 4.31. The Bertz CT molecular complexity index is 1410. The second-order valence-corrected chi connectivity index (χ2v) is 9.62. The SMILES string of the molecule is CCOC(=O)c1ccc(N2C(=O)C(CC(=O)Nc3ccc(Cl)cc3)N(Cc3ccc(OC)c(OC)c3)C2=S)cc1. The number of methoxy groups -OCH3 is 2. The van der Waals surface area contributed by atoms with E-state index in [2.05, 4.69) is 5.32 Å². The summed E-state index contributed by atoms with van der Waals surface area (Å²) in [5.41, 5.74) is 2.18. The molecule has 2 amide bonds. The summed E-state index contributed by atoms with van der Waals surface area (Å²) in [6.07, 6.45) is -0.147. The molecule has 0 spiro atoms. The summed E-state index contributed by atoms with van der Waals surface area (Å²) in [5, 5.41) is 3.58. The van der Waals surface area contributed by atoms with Crippen LogP contribution in [0.5, 0.6) is 11.5 Å². The van der Waals surface area contributed by atoms with E-state index in [-0.39, 0.29) is 36.5 Å². The van der Waals surface area contributed by atoms with Crippen molar-refractivity contribution in [3.8, 4) is 11.5 Å². The minimum absolute atomic E-state index is 0.147. The van der Waals surface area contributed by atoms with E-state index >= 15 is 0 Å². The number of halogens is 1. The van der Waals surface area contributed by atoms with E-state index in [0.717, 1.165) is 5.56 Å². The first-order valence-corrected chi connectivity index (χ1v) is 13.2. The maximum Gasteiger partial charge on any atom is 0.338 e. The summed E-state index contributed by atoms with van der Waals surface area (Å²) in [5.74, 6) is -0.0921. The fraction of sp³-hybridized carbons (Fsp3) is 0.241. The zero-order valence-corrected chi connectivity index (χ0v) is 23.8. The van der Waals surface area contributed by atoms with Crippen molar-refractivity contribution in [2.24, 2.45) is 0 Å². The van der Waals surface area contributed by atoms with Gasteiger partial charge in [0.1, 0.15) is 6.04 Å². The van der Waals surface area contributed by atoms with Crippen LogP contribution in [0.4, 0.5) is 11.4 Å². The molecule has 11 heteroatoms. The molecule has 1 aliphatic heterocycles. The second-order valence-electron chi connectivity index (χ2n) is 8.82. The van der Waals surface area contributed by atoms with Gasteiger partial charge >= 0.3 is 5.97 Å². The Kier molecular flexibility index (Phi) is 9.23. The summed E-state index contributed by atoms with van der Waals surface area (Å²) < 4.78 is 15.8. The van der Waals surface area contributed by atoms with E-state index in [1.54, 1.807) is 79.6 Å². The van der Waals surface area contributed by atoms with Crippen LogP contribution in [0.3, 0.4) is 0 Å². The van der Waals surface area contributed by atoms with Crippen LogP contribution in [0.2, 0.25) is 5.02 Å². The van der Waals surface area contributed by atoms with Gasteiger partial charge in [-0.25, -0.2) is 4.79 Å². The molecule has 1 unspecified atom stereocenters. The Labute approximate surface area is 242 Å². The number of thiocarbonyl (C=S) groups is 1. The Morgan fingerprint density at radius 2 is 1.65 bits per heavy atom. The molecule has 0 aromatic heterocycles. The van der Waals surface area contributed by atoms with Gasteiger partial charge in [-0.3, -0.25) is 14.5 Å². The Morgan fingerprint density at radius 1 is 0.975 bits per heavy atom. The predicted octanol–water partition coefficient (Wildman–Crippen LogP) is 5.07. The predicted molar refractivity (Wildman–Crippen MR) is 156 cm³/mol. The van der Waals surface area contributed by atoms with Crippen molar-refractivity contribution in [1.29, 1.82) is 0 Å². The minimum Gasteiger partial charge on any atom is -0.493 e. The maximum atomic E-state index is 13.8. The van der Waals surface area contributed by atoms with Gasteiger partial charge in [-0.05, 0) is 85.4 Å². The van der Waals surface area contributed by atoms with Crippen molar-refractivity contribution in [3.63, 3.8) is 0 Å². The number of rotatable bonds is 10. The quantitative estimate of drug-likeness (QED) is 0.262. The molecule has 1 saturated heterocycles. The summed E-state index contributed by atoms with van der Waals surface area (Å²) in [4.78, 5) is 42.0. The average Bonchev–Trinajstić information content (AvgIpc) is 3.18. The van der Waals surface area contributed by atoms with Crippen LogP contribution in [-0.4, -0.2) is 54.7 Å². The van der Waals surface area contributed by atoms with Crippen molar-refractivity contribution in [2.45, 2.75) is 25.9 Å². The van der Waals surface area contributed by atoms with E-state index in [9.17, 15) is 14.4 Å². The highest BCUT2D eigenvalue weighted by Gasteiger charge is 2.44. The maximum absolute atomic E-state index is 13.8. The number of carbonyl (C=O) groups excluding carboxylic acids is 3. The minimum atomic E-state index is -0.877. The topological polar surface area (TPSA) is 97.4 Å². The van der Waals surface area contributed by atoms with E-state index in [0.29, 0.717) is 33.5 Å². The smallest absolute Gasteiger partial charge is 0.338 e. The standard InChI is InChI=1S/C29H28ClN3O6S/c1-4-39-28(36)19-6-12-22(13-7-19)33-27(35)23(16-26(34)31-21-10-8-20(30)9-11-21)32(29(33)40)17-18-5-14-24(37-2)25(15-18)38-3/h5-15,23H,4,16-17H2,1-3H3,(H,31,34). The van der Waals surface area contributed by atoms with Gasteiger partial charge in [0, 0.05) is 17.3 Å². The van der Waals surface area contributed by atoms with Gasteiger partial charge in [0.15, 0.2) is 16.6 Å². The van der Waals surface area contributed by atoms with Gasteiger partial charge in [0.05, 0.1) is 38.5 Å². The van der Waals surface area contributed by atoms with Crippen LogP contribution in [0, 0.1) is 0 Å². The van der Waals surface area contributed by atoms with Crippen LogP contribution in [-0.2, 0) is 20.9 Å². The van der Waals surface area contributed by atoms with Gasteiger partial charge in [-0.1, -0.05) is 17.7 Å². The normalized spacial score (nSPS) is 14.8. The molecule has 9 nitrogen and oxygen atoms in total. The summed E-state index contributed by atoms with van der Waals surface area (Å²) in [7, 11) is 3.09. The number of amides is 2. The molecule has 40 heavy (non-hydrogen) atoms. The van der Waals surface area contributed by atoms with Crippen LogP contribution in [0.1, 0.15) is 29.3 Å². The summed E-state index contributed by atoms with van der Waals surface area (Å²) in [6, 6.07) is 17.6. The number of anilines is 2. The van der Waals surface area contributed by atoms with Gasteiger partial charge in [0.2, 0.25) is 5.91 Å². The van der Waals surface area contributed by atoms with E-state index in [4.69, 9.17) is 38.0 Å². The van der Waals surface area contributed by atoms with Gasteiger partial charge < -0.3 is 24.4 Å². The highest BCUT2D eigenvalue weighted by atomic mass is 35.5. The van der Waals surface area contributed by atoms with Crippen molar-refractivity contribution >= 4 is 58.1 Å². The zero-order chi connectivity index (χ0) is 28.8. The lowest BCUT2D eigenvalue weighted by atomic mass is 10.1. The molecular weight excluding hydrogens is 554 g/mol. The third-order valence-corrected chi connectivity index (χ3v) is 6.93. The number of hydrogen-bond donors (Lipinski definition) is 1. The molecule has 1 atom stereocenters. The molecule has 4 rings (SSSR count). The van der Waals surface area contributed by atoms with Crippen molar-refractivity contribution in [2.75, 3.05) is 31.0 Å². The number of hydrogen-bond acceptors (Lipinski definition) is 7. The first kappa shape index (κ1) is 28.8. The molecule has 0 saturated carbocycles. The van der Waals surface area contributed by atoms with Crippen LogP contribution in [0.15, 0.2) is 66.7 Å². The van der Waals surface area contributed by atoms with Gasteiger partial charge in [-0.2, -0.15) is 0 Å². The highest BCUT2D eigenvalue weighted by Crippen LogP contribution is 2.32.